The Hall–Kier alpha value is -4.42. The number of nitriles is 1. The molecule has 2 amide bonds. The highest BCUT2D eigenvalue weighted by Crippen LogP contribution is 2.26. The van der Waals surface area contributed by atoms with Crippen molar-refractivity contribution < 1.29 is 22.2 Å². The van der Waals surface area contributed by atoms with Gasteiger partial charge in [0.25, 0.3) is 5.91 Å². The van der Waals surface area contributed by atoms with Gasteiger partial charge in [-0.15, -0.1) is 0 Å². The van der Waals surface area contributed by atoms with Crippen LogP contribution in [0.4, 0.5) is 11.4 Å². The molecule has 0 aliphatic heterocycles. The molecule has 9 heteroatoms. The average molecular weight is 461 g/mol. The molecule has 0 fully saturated rings. The summed E-state index contributed by atoms with van der Waals surface area (Å²) in [5, 5.41) is 14.6. The second kappa shape index (κ2) is 10.3. The lowest BCUT2D eigenvalue weighted by molar-refractivity contribution is -0.114. The van der Waals surface area contributed by atoms with Crippen LogP contribution in [0.25, 0.3) is 6.08 Å². The van der Waals surface area contributed by atoms with E-state index in [0.717, 1.165) is 0 Å². The number of carbonyl (C=O) groups is 2. The second-order valence-corrected chi connectivity index (χ2v) is 8.32. The van der Waals surface area contributed by atoms with Gasteiger partial charge in [-0.05, 0) is 48.5 Å². The molecule has 0 radical (unpaired) electrons. The summed E-state index contributed by atoms with van der Waals surface area (Å²) < 4.78 is 30.8. The minimum Gasteiger partial charge on any atom is -0.378 e. The number of benzene rings is 3. The largest absolute Gasteiger partial charge is 0.378 e. The van der Waals surface area contributed by atoms with Gasteiger partial charge in [-0.25, -0.2) is 0 Å². The van der Waals surface area contributed by atoms with Gasteiger partial charge in [-0.3, -0.25) is 9.59 Å². The SMILES string of the molecule is CC(=O)Nc1ccc(S(=O)(=O)Oc2ccccc2/C=C(\C#N)C(=O)Nc2ccccc2)cc1. The normalized spacial score (nSPS) is 11.2. The number of carbonyl (C=O) groups excluding carboxylic acids is 2. The third-order valence-corrected chi connectivity index (χ3v) is 5.53. The Morgan fingerprint density at radius 1 is 0.879 bits per heavy atom. The number of amides is 2. The predicted molar refractivity (Wildman–Crippen MR) is 124 cm³/mol. The van der Waals surface area contributed by atoms with Crippen molar-refractivity contribution in [3.8, 4) is 11.8 Å². The van der Waals surface area contributed by atoms with Crippen LogP contribution < -0.4 is 14.8 Å². The number of hydrogen-bond acceptors (Lipinski definition) is 6. The van der Waals surface area contributed by atoms with E-state index in [1.807, 2.05) is 6.07 Å². The van der Waals surface area contributed by atoms with Gasteiger partial charge in [0, 0.05) is 23.9 Å². The van der Waals surface area contributed by atoms with E-state index in [2.05, 4.69) is 10.6 Å². The summed E-state index contributed by atoms with van der Waals surface area (Å²) in [6.45, 7) is 1.34. The zero-order valence-corrected chi connectivity index (χ0v) is 18.3. The maximum absolute atomic E-state index is 12.7. The summed E-state index contributed by atoms with van der Waals surface area (Å²) in [5.41, 5.74) is 0.953. The number of nitrogens with one attached hydrogen (secondary N) is 2. The first kappa shape index (κ1) is 23.2. The Bertz CT molecular complexity index is 1340. The Morgan fingerprint density at radius 2 is 1.48 bits per heavy atom. The molecular formula is C24H19N3O5S. The quantitative estimate of drug-likeness (QED) is 0.312. The lowest BCUT2D eigenvalue weighted by Crippen LogP contribution is -2.14. The molecule has 0 aromatic heterocycles. The number of rotatable bonds is 7. The van der Waals surface area contributed by atoms with Crippen LogP contribution in [0.5, 0.6) is 5.75 Å². The third-order valence-electron chi connectivity index (χ3n) is 4.28. The van der Waals surface area contributed by atoms with E-state index >= 15 is 0 Å². The highest BCUT2D eigenvalue weighted by atomic mass is 32.2. The topological polar surface area (TPSA) is 125 Å². The van der Waals surface area contributed by atoms with Gasteiger partial charge in [0.05, 0.1) is 0 Å². The minimum absolute atomic E-state index is 0.0521. The van der Waals surface area contributed by atoms with E-state index in [0.29, 0.717) is 11.4 Å². The van der Waals surface area contributed by atoms with Gasteiger partial charge in [0.1, 0.15) is 22.3 Å². The van der Waals surface area contributed by atoms with E-state index in [1.165, 1.54) is 49.4 Å². The number of hydrogen-bond donors (Lipinski definition) is 2. The van der Waals surface area contributed by atoms with Crippen molar-refractivity contribution in [1.29, 1.82) is 5.26 Å². The molecule has 166 valence electrons. The summed E-state index contributed by atoms with van der Waals surface area (Å²) in [5.74, 6) is -0.981. The van der Waals surface area contributed by atoms with Crippen molar-refractivity contribution in [2.75, 3.05) is 10.6 Å². The Labute approximate surface area is 191 Å². The molecule has 0 bridgehead atoms. The summed E-state index contributed by atoms with van der Waals surface area (Å²) in [7, 11) is -4.22. The fraction of sp³-hybridized carbons (Fsp3) is 0.0417. The first-order valence-electron chi connectivity index (χ1n) is 9.68. The second-order valence-electron chi connectivity index (χ2n) is 6.77. The maximum Gasteiger partial charge on any atom is 0.339 e. The molecule has 33 heavy (non-hydrogen) atoms. The highest BCUT2D eigenvalue weighted by Gasteiger charge is 2.19. The summed E-state index contributed by atoms with van der Waals surface area (Å²) >= 11 is 0. The molecule has 2 N–H and O–H groups in total. The van der Waals surface area contributed by atoms with Crippen LogP contribution in [0, 0.1) is 11.3 Å². The summed E-state index contributed by atoms with van der Waals surface area (Å²) in [6.07, 6.45) is 1.25. The van der Waals surface area contributed by atoms with Crippen LogP contribution in [0.3, 0.4) is 0 Å². The number of nitrogens with zero attached hydrogens (tertiary/aromatic N) is 1. The fourth-order valence-electron chi connectivity index (χ4n) is 2.77. The van der Waals surface area contributed by atoms with Gasteiger partial charge >= 0.3 is 10.1 Å². The molecule has 0 atom stereocenters. The van der Waals surface area contributed by atoms with Crippen LogP contribution in [0.2, 0.25) is 0 Å². The lowest BCUT2D eigenvalue weighted by atomic mass is 10.1. The Balaban J connectivity index is 1.85. The van der Waals surface area contributed by atoms with E-state index in [9.17, 15) is 23.3 Å². The fourth-order valence-corrected chi connectivity index (χ4v) is 3.73. The highest BCUT2D eigenvalue weighted by molar-refractivity contribution is 7.87. The first-order valence-corrected chi connectivity index (χ1v) is 11.1. The Morgan fingerprint density at radius 3 is 2.12 bits per heavy atom. The summed E-state index contributed by atoms with van der Waals surface area (Å²) in [6, 6.07) is 22.0. The third kappa shape index (κ3) is 6.29. The van der Waals surface area contributed by atoms with Crippen molar-refractivity contribution in [1.82, 2.24) is 0 Å². The first-order chi connectivity index (χ1) is 15.8. The van der Waals surface area contributed by atoms with Crippen LogP contribution in [-0.2, 0) is 19.7 Å². The van der Waals surface area contributed by atoms with Crippen LogP contribution in [-0.4, -0.2) is 20.2 Å². The molecule has 0 unspecified atom stereocenters. The van der Waals surface area contributed by atoms with Crippen LogP contribution in [0.1, 0.15) is 12.5 Å². The van der Waals surface area contributed by atoms with Gasteiger partial charge in [0.15, 0.2) is 0 Å². The molecule has 3 aromatic carbocycles. The van der Waals surface area contributed by atoms with Crippen LogP contribution in [0.15, 0.2) is 89.3 Å². The number of anilines is 2. The molecule has 8 nitrogen and oxygen atoms in total. The van der Waals surface area contributed by atoms with E-state index in [1.54, 1.807) is 42.5 Å². The van der Waals surface area contributed by atoms with Crippen molar-refractivity contribution in [3.63, 3.8) is 0 Å². The molecule has 0 aliphatic rings. The molecule has 0 spiro atoms. The monoisotopic (exact) mass is 461 g/mol. The molecule has 3 rings (SSSR count). The van der Waals surface area contributed by atoms with E-state index in [-0.39, 0.29) is 27.7 Å². The number of para-hydroxylation sites is 2. The van der Waals surface area contributed by atoms with Gasteiger partial charge in [0.2, 0.25) is 5.91 Å². The lowest BCUT2D eigenvalue weighted by Gasteiger charge is -2.11. The van der Waals surface area contributed by atoms with Crippen molar-refractivity contribution in [2.45, 2.75) is 11.8 Å². The predicted octanol–water partition coefficient (Wildman–Crippen LogP) is 3.96. The Kier molecular flexibility index (Phi) is 7.23. The summed E-state index contributed by atoms with van der Waals surface area (Å²) in [4.78, 5) is 23.5. The zero-order chi connectivity index (χ0) is 23.8. The van der Waals surface area contributed by atoms with Crippen molar-refractivity contribution >= 4 is 39.4 Å². The van der Waals surface area contributed by atoms with Gasteiger partial charge in [-0.2, -0.15) is 13.7 Å². The zero-order valence-electron chi connectivity index (χ0n) is 17.5. The van der Waals surface area contributed by atoms with E-state index in [4.69, 9.17) is 4.18 Å². The molecule has 0 saturated heterocycles. The van der Waals surface area contributed by atoms with Gasteiger partial charge < -0.3 is 14.8 Å². The van der Waals surface area contributed by atoms with Crippen molar-refractivity contribution in [2.24, 2.45) is 0 Å². The maximum atomic E-state index is 12.7. The molecular weight excluding hydrogens is 442 g/mol. The molecule has 0 aliphatic carbocycles. The average Bonchev–Trinajstić information content (AvgIpc) is 2.79. The smallest absolute Gasteiger partial charge is 0.339 e. The minimum atomic E-state index is -4.22. The van der Waals surface area contributed by atoms with E-state index < -0.39 is 16.0 Å². The molecule has 3 aromatic rings. The van der Waals surface area contributed by atoms with Crippen LogP contribution >= 0.6 is 0 Å². The molecule has 0 heterocycles. The molecule has 0 saturated carbocycles. The van der Waals surface area contributed by atoms with Gasteiger partial charge in [-0.1, -0.05) is 36.4 Å². The van der Waals surface area contributed by atoms with Crippen molar-refractivity contribution in [3.05, 3.63) is 90.0 Å². The standard InChI is InChI=1S/C24H19N3O5S/c1-17(28)26-21-11-13-22(14-12-21)33(30,31)32-23-10-6-5-7-18(23)15-19(16-25)24(29)27-20-8-3-2-4-9-20/h2-15H,1H3,(H,26,28)(H,27,29)/b19-15+.